The molecule has 1 aromatic carbocycles. The second kappa shape index (κ2) is 9.93. The predicted octanol–water partition coefficient (Wildman–Crippen LogP) is 1.86. The van der Waals surface area contributed by atoms with Crippen LogP contribution in [0.1, 0.15) is 41.9 Å². The van der Waals surface area contributed by atoms with Crippen molar-refractivity contribution in [2.24, 2.45) is 13.0 Å². The molecule has 0 aliphatic carbocycles. The Hall–Kier alpha value is -2.61. The number of piperidine rings is 1. The Labute approximate surface area is 178 Å². The lowest BCUT2D eigenvalue weighted by atomic mass is 9.93. The Morgan fingerprint density at radius 1 is 1.30 bits per heavy atom. The zero-order chi connectivity index (χ0) is 21.7. The van der Waals surface area contributed by atoms with Crippen molar-refractivity contribution in [1.82, 2.24) is 20.2 Å². The molecule has 1 aliphatic rings. The van der Waals surface area contributed by atoms with Crippen molar-refractivity contribution in [3.8, 4) is 0 Å². The van der Waals surface area contributed by atoms with Gasteiger partial charge in [-0.25, -0.2) is 4.98 Å². The maximum atomic E-state index is 12.8. The summed E-state index contributed by atoms with van der Waals surface area (Å²) in [6.45, 7) is 2.45. The van der Waals surface area contributed by atoms with Crippen LogP contribution in [-0.2, 0) is 23.0 Å². The SMILES string of the molecule is COC(=O)CCNC(=O)c1cc2nc(CCC3CCNCC3)n(C)c2cc1N(C)C. The predicted molar refractivity (Wildman–Crippen MR) is 118 cm³/mol. The van der Waals surface area contributed by atoms with Gasteiger partial charge in [0.15, 0.2) is 0 Å². The normalized spacial score (nSPS) is 14.7. The maximum absolute atomic E-state index is 12.8. The van der Waals surface area contributed by atoms with E-state index >= 15 is 0 Å². The quantitative estimate of drug-likeness (QED) is 0.640. The van der Waals surface area contributed by atoms with E-state index in [1.54, 1.807) is 0 Å². The third kappa shape index (κ3) is 5.11. The summed E-state index contributed by atoms with van der Waals surface area (Å²) < 4.78 is 6.77. The summed E-state index contributed by atoms with van der Waals surface area (Å²) in [6, 6.07) is 3.87. The molecule has 30 heavy (non-hydrogen) atoms. The Kier molecular flexibility index (Phi) is 7.31. The molecule has 1 aliphatic heterocycles. The zero-order valence-corrected chi connectivity index (χ0v) is 18.5. The monoisotopic (exact) mass is 415 g/mol. The molecular formula is C22H33N5O3. The van der Waals surface area contributed by atoms with Crippen molar-refractivity contribution >= 4 is 28.6 Å². The van der Waals surface area contributed by atoms with E-state index in [9.17, 15) is 9.59 Å². The molecule has 2 heterocycles. The van der Waals surface area contributed by atoms with Crippen molar-refractivity contribution < 1.29 is 14.3 Å². The van der Waals surface area contributed by atoms with Crippen LogP contribution >= 0.6 is 0 Å². The van der Waals surface area contributed by atoms with E-state index in [1.165, 1.54) is 20.0 Å². The summed E-state index contributed by atoms with van der Waals surface area (Å²) in [5.41, 5.74) is 3.22. The van der Waals surface area contributed by atoms with Crippen LogP contribution < -0.4 is 15.5 Å². The number of nitrogens with one attached hydrogen (secondary N) is 2. The number of hydrogen-bond acceptors (Lipinski definition) is 6. The molecule has 0 radical (unpaired) electrons. The molecule has 0 bridgehead atoms. The molecule has 0 spiro atoms. The van der Waals surface area contributed by atoms with Crippen LogP contribution in [0.5, 0.6) is 0 Å². The molecule has 8 heteroatoms. The van der Waals surface area contributed by atoms with E-state index in [2.05, 4.69) is 19.9 Å². The first-order valence-corrected chi connectivity index (χ1v) is 10.6. The highest BCUT2D eigenvalue weighted by atomic mass is 16.5. The number of ether oxygens (including phenoxy) is 1. The molecule has 2 N–H and O–H groups in total. The summed E-state index contributed by atoms with van der Waals surface area (Å²) in [5, 5.41) is 6.22. The van der Waals surface area contributed by atoms with Gasteiger partial charge in [-0.3, -0.25) is 9.59 Å². The molecule has 8 nitrogen and oxygen atoms in total. The van der Waals surface area contributed by atoms with Gasteiger partial charge in [-0.1, -0.05) is 0 Å². The fourth-order valence-electron chi connectivity index (χ4n) is 4.03. The number of fused-ring (bicyclic) bond motifs is 1. The number of anilines is 1. The highest BCUT2D eigenvalue weighted by Crippen LogP contribution is 2.27. The highest BCUT2D eigenvalue weighted by molar-refractivity contribution is 6.03. The lowest BCUT2D eigenvalue weighted by Crippen LogP contribution is -2.28. The average Bonchev–Trinajstić information content (AvgIpc) is 3.06. The number of amides is 1. The van der Waals surface area contributed by atoms with Gasteiger partial charge in [0.2, 0.25) is 0 Å². The smallest absolute Gasteiger partial charge is 0.307 e. The lowest BCUT2D eigenvalue weighted by Gasteiger charge is -2.22. The number of hydrogen-bond donors (Lipinski definition) is 2. The molecular weight excluding hydrogens is 382 g/mol. The number of benzene rings is 1. The van der Waals surface area contributed by atoms with E-state index in [4.69, 9.17) is 4.98 Å². The molecule has 1 fully saturated rings. The zero-order valence-electron chi connectivity index (χ0n) is 18.5. The fraction of sp³-hybridized carbons (Fsp3) is 0.591. The summed E-state index contributed by atoms with van der Waals surface area (Å²) in [5.74, 6) is 1.24. The third-order valence-electron chi connectivity index (χ3n) is 5.89. The average molecular weight is 416 g/mol. The minimum absolute atomic E-state index is 0.145. The summed E-state index contributed by atoms with van der Waals surface area (Å²) in [6.07, 6.45) is 4.68. The summed E-state index contributed by atoms with van der Waals surface area (Å²) >= 11 is 0. The number of carbonyl (C=O) groups excluding carboxylic acids is 2. The van der Waals surface area contributed by atoms with Crippen molar-refractivity contribution in [3.63, 3.8) is 0 Å². The van der Waals surface area contributed by atoms with Crippen LogP contribution in [0.15, 0.2) is 12.1 Å². The van der Waals surface area contributed by atoms with Gasteiger partial charge in [0.1, 0.15) is 5.82 Å². The van der Waals surface area contributed by atoms with Gasteiger partial charge in [-0.2, -0.15) is 0 Å². The van der Waals surface area contributed by atoms with Crippen LogP contribution in [0.3, 0.4) is 0 Å². The van der Waals surface area contributed by atoms with Crippen molar-refractivity contribution in [1.29, 1.82) is 0 Å². The standard InChI is InChI=1S/C22H33N5O3/c1-26(2)18-14-19-17(13-16(18)22(29)24-12-9-21(28)30-4)25-20(27(19)3)6-5-15-7-10-23-11-8-15/h13-15,23H,5-12H2,1-4H3,(H,24,29). The van der Waals surface area contributed by atoms with Crippen LogP contribution in [-0.4, -0.2) is 62.3 Å². The Morgan fingerprint density at radius 3 is 2.70 bits per heavy atom. The van der Waals surface area contributed by atoms with Gasteiger partial charge in [0.05, 0.1) is 35.8 Å². The molecule has 0 atom stereocenters. The number of nitrogens with zero attached hydrogens (tertiary/aromatic N) is 3. The second-order valence-corrected chi connectivity index (χ2v) is 8.15. The Morgan fingerprint density at radius 2 is 2.03 bits per heavy atom. The minimum atomic E-state index is -0.346. The fourth-order valence-corrected chi connectivity index (χ4v) is 4.03. The summed E-state index contributed by atoms with van der Waals surface area (Å²) in [4.78, 5) is 30.8. The van der Waals surface area contributed by atoms with Crippen LogP contribution in [0.4, 0.5) is 5.69 Å². The second-order valence-electron chi connectivity index (χ2n) is 8.15. The third-order valence-corrected chi connectivity index (χ3v) is 5.89. The van der Waals surface area contributed by atoms with Crippen molar-refractivity contribution in [2.45, 2.75) is 32.1 Å². The van der Waals surface area contributed by atoms with Crippen LogP contribution in [0, 0.1) is 5.92 Å². The van der Waals surface area contributed by atoms with Gasteiger partial charge in [-0.15, -0.1) is 0 Å². The van der Waals surface area contributed by atoms with Crippen molar-refractivity contribution in [3.05, 3.63) is 23.5 Å². The number of rotatable bonds is 8. The Bertz CT molecular complexity index is 900. The molecule has 1 saturated heterocycles. The molecule has 1 amide bonds. The molecule has 2 aromatic rings. The molecule has 164 valence electrons. The molecule has 1 aromatic heterocycles. The van der Waals surface area contributed by atoms with E-state index in [0.29, 0.717) is 5.56 Å². The number of esters is 1. The van der Waals surface area contributed by atoms with E-state index in [0.717, 1.165) is 54.4 Å². The van der Waals surface area contributed by atoms with Gasteiger partial charge in [0, 0.05) is 34.1 Å². The first-order chi connectivity index (χ1) is 14.4. The number of imidazole rings is 1. The van der Waals surface area contributed by atoms with Gasteiger partial charge < -0.3 is 24.8 Å². The largest absolute Gasteiger partial charge is 0.469 e. The molecule has 0 unspecified atom stereocenters. The topological polar surface area (TPSA) is 88.5 Å². The summed E-state index contributed by atoms with van der Waals surface area (Å²) in [7, 11) is 7.22. The molecule has 0 saturated carbocycles. The highest BCUT2D eigenvalue weighted by Gasteiger charge is 2.19. The van der Waals surface area contributed by atoms with Crippen LogP contribution in [0.25, 0.3) is 11.0 Å². The van der Waals surface area contributed by atoms with E-state index in [1.807, 2.05) is 38.2 Å². The number of methoxy groups -OCH3 is 1. The number of carbonyl (C=O) groups is 2. The first-order valence-electron chi connectivity index (χ1n) is 10.6. The van der Waals surface area contributed by atoms with E-state index < -0.39 is 0 Å². The lowest BCUT2D eigenvalue weighted by molar-refractivity contribution is -0.140. The van der Waals surface area contributed by atoms with E-state index in [-0.39, 0.29) is 24.8 Å². The van der Waals surface area contributed by atoms with Crippen LogP contribution in [0.2, 0.25) is 0 Å². The van der Waals surface area contributed by atoms with Crippen molar-refractivity contribution in [2.75, 3.05) is 45.7 Å². The maximum Gasteiger partial charge on any atom is 0.307 e. The molecule has 3 rings (SSSR count). The number of aromatic nitrogens is 2. The van der Waals surface area contributed by atoms with Gasteiger partial charge in [-0.05, 0) is 50.4 Å². The number of aryl methyl sites for hydroxylation is 2. The van der Waals surface area contributed by atoms with Gasteiger partial charge in [0.25, 0.3) is 5.91 Å². The first kappa shape index (κ1) is 22.1. The minimum Gasteiger partial charge on any atom is -0.469 e. The van der Waals surface area contributed by atoms with Gasteiger partial charge >= 0.3 is 5.97 Å². The Balaban J connectivity index is 1.80.